The van der Waals surface area contributed by atoms with Gasteiger partial charge >= 0.3 is 6.18 Å². The molecule has 0 aromatic rings. The normalized spacial score (nSPS) is 14.0. The van der Waals surface area contributed by atoms with Crippen molar-refractivity contribution in [3.05, 3.63) is 11.6 Å². The third-order valence-electron chi connectivity index (χ3n) is 1.08. The number of halogens is 3. The van der Waals surface area contributed by atoms with Crippen LogP contribution in [0.3, 0.4) is 0 Å². The van der Waals surface area contributed by atoms with E-state index >= 15 is 0 Å². The molecule has 0 radical (unpaired) electrons. The molecular formula is C8H13F3O2. The molecule has 0 aliphatic rings. The summed E-state index contributed by atoms with van der Waals surface area (Å²) < 4.78 is 38.9. The number of hydrogen-bond acceptors (Lipinski definition) is 2. The van der Waals surface area contributed by atoms with E-state index in [0.717, 1.165) is 5.57 Å². The second-order valence-corrected chi connectivity index (χ2v) is 2.94. The van der Waals surface area contributed by atoms with Crippen molar-refractivity contribution in [3.63, 3.8) is 0 Å². The molecule has 78 valence electrons. The van der Waals surface area contributed by atoms with E-state index in [2.05, 4.69) is 4.74 Å². The Morgan fingerprint density at radius 1 is 1.46 bits per heavy atom. The van der Waals surface area contributed by atoms with Crippen LogP contribution in [0, 0.1) is 0 Å². The molecule has 1 atom stereocenters. The summed E-state index contributed by atoms with van der Waals surface area (Å²) in [6, 6.07) is 0. The lowest BCUT2D eigenvalue weighted by Gasteiger charge is -2.09. The molecule has 0 aromatic carbocycles. The maximum atomic E-state index is 11.5. The molecule has 0 aliphatic heterocycles. The first-order valence-corrected chi connectivity index (χ1v) is 3.79. The summed E-state index contributed by atoms with van der Waals surface area (Å²) in [5.41, 5.74) is 0.836. The van der Waals surface area contributed by atoms with Crippen molar-refractivity contribution in [1.29, 1.82) is 0 Å². The predicted octanol–water partition coefficient (Wildman–Crippen LogP) is 1.89. The minimum absolute atomic E-state index is 0.329. The number of allylic oxidation sites excluding steroid dienone is 1. The van der Waals surface area contributed by atoms with Crippen molar-refractivity contribution in [3.8, 4) is 0 Å². The molecule has 0 fully saturated rings. The maximum absolute atomic E-state index is 11.5. The van der Waals surface area contributed by atoms with Gasteiger partial charge in [-0.15, -0.1) is 0 Å². The molecular weight excluding hydrogens is 185 g/mol. The largest absolute Gasteiger partial charge is 0.411 e. The fourth-order valence-corrected chi connectivity index (χ4v) is 0.728. The van der Waals surface area contributed by atoms with E-state index in [9.17, 15) is 13.2 Å². The van der Waals surface area contributed by atoms with Crippen LogP contribution in [-0.4, -0.2) is 30.6 Å². The Kier molecular flexibility index (Phi) is 5.02. The van der Waals surface area contributed by atoms with E-state index < -0.39 is 18.9 Å². The third-order valence-corrected chi connectivity index (χ3v) is 1.08. The van der Waals surface area contributed by atoms with Crippen LogP contribution >= 0.6 is 0 Å². The van der Waals surface area contributed by atoms with E-state index in [1.54, 1.807) is 13.8 Å². The monoisotopic (exact) mass is 198 g/mol. The van der Waals surface area contributed by atoms with Gasteiger partial charge in [0.05, 0.1) is 12.7 Å². The number of rotatable bonds is 4. The average Bonchev–Trinajstić information content (AvgIpc) is 1.81. The number of ether oxygens (including phenoxy) is 1. The standard InChI is InChI=1S/C8H13F3O2/c1-6(2)3-7(12)4-13-5-8(9,10)11/h3,7,12H,4-5H2,1-2H3. The maximum Gasteiger partial charge on any atom is 0.411 e. The van der Waals surface area contributed by atoms with Crippen molar-refractivity contribution >= 4 is 0 Å². The summed E-state index contributed by atoms with van der Waals surface area (Å²) in [6.45, 7) is 1.84. The fourth-order valence-electron chi connectivity index (χ4n) is 0.728. The van der Waals surface area contributed by atoms with Gasteiger partial charge in [0.1, 0.15) is 6.61 Å². The summed E-state index contributed by atoms with van der Waals surface area (Å²) in [6.07, 6.45) is -3.85. The second kappa shape index (κ2) is 5.24. The Labute approximate surface area is 75.0 Å². The highest BCUT2D eigenvalue weighted by atomic mass is 19.4. The first-order valence-electron chi connectivity index (χ1n) is 3.79. The molecule has 0 heterocycles. The lowest BCUT2D eigenvalue weighted by Crippen LogP contribution is -2.21. The van der Waals surface area contributed by atoms with Crippen LogP contribution < -0.4 is 0 Å². The summed E-state index contributed by atoms with van der Waals surface area (Å²) in [5.74, 6) is 0. The van der Waals surface area contributed by atoms with Crippen molar-refractivity contribution in [2.75, 3.05) is 13.2 Å². The quantitative estimate of drug-likeness (QED) is 0.699. The van der Waals surface area contributed by atoms with E-state index in [-0.39, 0.29) is 6.61 Å². The Balaban J connectivity index is 3.60. The lowest BCUT2D eigenvalue weighted by atomic mass is 10.2. The molecule has 2 nitrogen and oxygen atoms in total. The summed E-state index contributed by atoms with van der Waals surface area (Å²) in [7, 11) is 0. The number of aliphatic hydroxyl groups excluding tert-OH is 1. The van der Waals surface area contributed by atoms with E-state index in [1.165, 1.54) is 6.08 Å². The van der Waals surface area contributed by atoms with Crippen LogP contribution in [0.2, 0.25) is 0 Å². The van der Waals surface area contributed by atoms with Crippen molar-refractivity contribution < 1.29 is 23.0 Å². The van der Waals surface area contributed by atoms with Gasteiger partial charge < -0.3 is 9.84 Å². The van der Waals surface area contributed by atoms with Gasteiger partial charge in [-0.25, -0.2) is 0 Å². The molecule has 0 saturated carbocycles. The zero-order valence-corrected chi connectivity index (χ0v) is 7.56. The zero-order chi connectivity index (χ0) is 10.5. The Hall–Kier alpha value is -0.550. The van der Waals surface area contributed by atoms with Crippen LogP contribution in [-0.2, 0) is 4.74 Å². The molecule has 0 aromatic heterocycles. The molecule has 0 bridgehead atoms. The molecule has 0 rings (SSSR count). The minimum Gasteiger partial charge on any atom is -0.387 e. The molecule has 5 heteroatoms. The van der Waals surface area contributed by atoms with Crippen LogP contribution in [0.15, 0.2) is 11.6 Å². The van der Waals surface area contributed by atoms with Crippen LogP contribution in [0.25, 0.3) is 0 Å². The van der Waals surface area contributed by atoms with Gasteiger partial charge in [-0.1, -0.05) is 11.6 Å². The summed E-state index contributed by atoms with van der Waals surface area (Å²) in [4.78, 5) is 0. The topological polar surface area (TPSA) is 29.5 Å². The van der Waals surface area contributed by atoms with Gasteiger partial charge in [0.2, 0.25) is 0 Å². The number of alkyl halides is 3. The van der Waals surface area contributed by atoms with Crippen LogP contribution in [0.5, 0.6) is 0 Å². The van der Waals surface area contributed by atoms with Crippen LogP contribution in [0.4, 0.5) is 13.2 Å². The Bertz CT molecular complexity index is 171. The van der Waals surface area contributed by atoms with E-state index in [4.69, 9.17) is 5.11 Å². The zero-order valence-electron chi connectivity index (χ0n) is 7.56. The highest BCUT2D eigenvalue weighted by Crippen LogP contribution is 2.14. The second-order valence-electron chi connectivity index (χ2n) is 2.94. The SMILES string of the molecule is CC(C)=CC(O)COCC(F)(F)F. The molecule has 1 unspecified atom stereocenters. The molecule has 0 amide bonds. The van der Waals surface area contributed by atoms with Crippen molar-refractivity contribution in [2.24, 2.45) is 0 Å². The van der Waals surface area contributed by atoms with Gasteiger partial charge in [-0.05, 0) is 13.8 Å². The van der Waals surface area contributed by atoms with Gasteiger partial charge in [-0.3, -0.25) is 0 Å². The Morgan fingerprint density at radius 2 is 2.00 bits per heavy atom. The van der Waals surface area contributed by atoms with Gasteiger partial charge in [-0.2, -0.15) is 13.2 Å². The lowest BCUT2D eigenvalue weighted by molar-refractivity contribution is -0.177. The molecule has 0 spiro atoms. The molecule has 1 N–H and O–H groups in total. The van der Waals surface area contributed by atoms with Crippen molar-refractivity contribution in [2.45, 2.75) is 26.1 Å². The van der Waals surface area contributed by atoms with E-state index in [0.29, 0.717) is 0 Å². The highest BCUT2D eigenvalue weighted by Gasteiger charge is 2.27. The van der Waals surface area contributed by atoms with Gasteiger partial charge in [0.15, 0.2) is 0 Å². The van der Waals surface area contributed by atoms with Gasteiger partial charge in [0.25, 0.3) is 0 Å². The van der Waals surface area contributed by atoms with Gasteiger partial charge in [0, 0.05) is 0 Å². The first-order chi connectivity index (χ1) is 5.81. The van der Waals surface area contributed by atoms with Crippen molar-refractivity contribution in [1.82, 2.24) is 0 Å². The van der Waals surface area contributed by atoms with E-state index in [1.807, 2.05) is 0 Å². The smallest absolute Gasteiger partial charge is 0.387 e. The fraction of sp³-hybridized carbons (Fsp3) is 0.750. The number of aliphatic hydroxyl groups is 1. The average molecular weight is 198 g/mol. The first kappa shape index (κ1) is 12.4. The minimum atomic E-state index is -4.33. The molecule has 13 heavy (non-hydrogen) atoms. The number of hydrogen-bond donors (Lipinski definition) is 1. The summed E-state index contributed by atoms with van der Waals surface area (Å²) in [5, 5.41) is 9.05. The third kappa shape index (κ3) is 9.36. The predicted molar refractivity (Wildman–Crippen MR) is 42.3 cm³/mol. The molecule has 0 saturated heterocycles. The highest BCUT2D eigenvalue weighted by molar-refractivity contribution is 4.97. The molecule has 0 aliphatic carbocycles. The Morgan fingerprint density at radius 3 is 2.38 bits per heavy atom. The summed E-state index contributed by atoms with van der Waals surface area (Å²) >= 11 is 0. The van der Waals surface area contributed by atoms with Crippen LogP contribution in [0.1, 0.15) is 13.8 Å².